The lowest BCUT2D eigenvalue weighted by molar-refractivity contribution is -0.137. The van der Waals surface area contributed by atoms with Crippen molar-refractivity contribution in [3.63, 3.8) is 0 Å². The fraction of sp³-hybridized carbons (Fsp3) is 0.438. The van der Waals surface area contributed by atoms with Crippen molar-refractivity contribution in [2.75, 3.05) is 5.06 Å². The number of benzene rings is 1. The van der Waals surface area contributed by atoms with Crippen LogP contribution in [0.3, 0.4) is 0 Å². The van der Waals surface area contributed by atoms with E-state index in [0.717, 1.165) is 5.69 Å². The molecule has 0 amide bonds. The Morgan fingerprint density at radius 2 is 1.89 bits per heavy atom. The highest BCUT2D eigenvalue weighted by atomic mass is 16.7. The van der Waals surface area contributed by atoms with Gasteiger partial charge in [0, 0.05) is 6.42 Å². The zero-order valence-electron chi connectivity index (χ0n) is 11.6. The molecule has 2 bridgehead atoms. The van der Waals surface area contributed by atoms with Gasteiger partial charge >= 0.3 is 0 Å². The third-order valence-electron chi connectivity index (χ3n) is 4.12. The second-order valence-corrected chi connectivity index (χ2v) is 6.25. The third-order valence-corrected chi connectivity index (χ3v) is 4.12. The van der Waals surface area contributed by atoms with Crippen LogP contribution in [0.5, 0.6) is 0 Å². The van der Waals surface area contributed by atoms with Gasteiger partial charge in [0.25, 0.3) is 0 Å². The molecule has 2 aliphatic heterocycles. The third kappa shape index (κ3) is 1.89. The van der Waals surface area contributed by atoms with Gasteiger partial charge in [-0.3, -0.25) is 9.63 Å². The summed E-state index contributed by atoms with van der Waals surface area (Å²) < 4.78 is 0. The van der Waals surface area contributed by atoms with Gasteiger partial charge in [0.1, 0.15) is 0 Å². The number of fused-ring (bicyclic) bond motifs is 3. The van der Waals surface area contributed by atoms with Crippen LogP contribution in [0.4, 0.5) is 5.69 Å². The molecule has 1 saturated heterocycles. The van der Waals surface area contributed by atoms with E-state index < -0.39 is 5.60 Å². The summed E-state index contributed by atoms with van der Waals surface area (Å²) in [7, 11) is 0. The SMILES string of the molecule is CC1(C)CC(=O)[C@]2(C)C=C[C@H]1N(c1ccccc1)O2. The molecule has 4 rings (SSSR count). The van der Waals surface area contributed by atoms with E-state index in [4.69, 9.17) is 4.84 Å². The molecular weight excluding hydrogens is 238 g/mol. The first-order chi connectivity index (χ1) is 8.92. The Hall–Kier alpha value is -1.61. The van der Waals surface area contributed by atoms with Crippen LogP contribution in [0.1, 0.15) is 27.2 Å². The lowest BCUT2D eigenvalue weighted by Crippen LogP contribution is -2.49. The fourth-order valence-electron chi connectivity index (χ4n) is 2.85. The van der Waals surface area contributed by atoms with Gasteiger partial charge in [-0.2, -0.15) is 0 Å². The number of nitrogens with zero attached hydrogens (tertiary/aromatic N) is 1. The van der Waals surface area contributed by atoms with Crippen molar-refractivity contribution < 1.29 is 9.63 Å². The zero-order valence-corrected chi connectivity index (χ0v) is 11.6. The molecular formula is C16H19NO2. The van der Waals surface area contributed by atoms with E-state index in [9.17, 15) is 4.79 Å². The minimum atomic E-state index is -0.833. The number of hydrogen-bond donors (Lipinski definition) is 0. The minimum Gasteiger partial charge on any atom is -0.296 e. The van der Waals surface area contributed by atoms with Crippen molar-refractivity contribution in [1.29, 1.82) is 0 Å². The molecule has 2 heterocycles. The lowest BCUT2D eigenvalue weighted by atomic mass is 9.80. The summed E-state index contributed by atoms with van der Waals surface area (Å²) >= 11 is 0. The summed E-state index contributed by atoms with van der Waals surface area (Å²) in [5.74, 6) is 0.148. The van der Waals surface area contributed by atoms with Crippen molar-refractivity contribution in [1.82, 2.24) is 0 Å². The van der Waals surface area contributed by atoms with Crippen LogP contribution in [0.2, 0.25) is 0 Å². The molecule has 1 aromatic carbocycles. The summed E-state index contributed by atoms with van der Waals surface area (Å²) in [4.78, 5) is 18.4. The van der Waals surface area contributed by atoms with Crippen molar-refractivity contribution in [2.24, 2.45) is 5.41 Å². The van der Waals surface area contributed by atoms with E-state index in [1.165, 1.54) is 0 Å². The molecule has 0 radical (unpaired) electrons. The normalized spacial score (nSPS) is 32.5. The van der Waals surface area contributed by atoms with Gasteiger partial charge in [-0.1, -0.05) is 38.1 Å². The topological polar surface area (TPSA) is 29.5 Å². The number of anilines is 1. The summed E-state index contributed by atoms with van der Waals surface area (Å²) in [5.41, 5.74) is 0.0171. The van der Waals surface area contributed by atoms with Gasteiger partial charge < -0.3 is 0 Å². The van der Waals surface area contributed by atoms with E-state index in [2.05, 4.69) is 19.9 Å². The Morgan fingerprint density at radius 1 is 1.21 bits per heavy atom. The van der Waals surface area contributed by atoms with Crippen LogP contribution in [0.15, 0.2) is 42.5 Å². The number of rotatable bonds is 1. The number of para-hydroxylation sites is 1. The van der Waals surface area contributed by atoms with Gasteiger partial charge in [-0.25, -0.2) is 5.06 Å². The van der Waals surface area contributed by atoms with Crippen LogP contribution >= 0.6 is 0 Å². The molecule has 0 unspecified atom stereocenters. The van der Waals surface area contributed by atoms with Crippen LogP contribution < -0.4 is 5.06 Å². The number of carbonyl (C=O) groups is 1. The first-order valence-corrected chi connectivity index (χ1v) is 6.68. The Kier molecular flexibility index (Phi) is 2.58. The summed E-state index contributed by atoms with van der Waals surface area (Å²) in [6, 6.07) is 10.1. The number of hydrogen-bond acceptors (Lipinski definition) is 3. The van der Waals surface area contributed by atoms with Crippen LogP contribution in [-0.2, 0) is 9.63 Å². The van der Waals surface area contributed by atoms with Crippen molar-refractivity contribution >= 4 is 11.5 Å². The fourth-order valence-corrected chi connectivity index (χ4v) is 2.85. The predicted molar refractivity (Wildman–Crippen MR) is 74.7 cm³/mol. The monoisotopic (exact) mass is 257 g/mol. The zero-order chi connectivity index (χ0) is 13.7. The molecule has 3 heteroatoms. The Morgan fingerprint density at radius 3 is 2.58 bits per heavy atom. The van der Waals surface area contributed by atoms with Crippen LogP contribution in [0.25, 0.3) is 0 Å². The van der Waals surface area contributed by atoms with Gasteiger partial charge in [0.2, 0.25) is 0 Å². The second-order valence-electron chi connectivity index (χ2n) is 6.25. The minimum absolute atomic E-state index is 0.0782. The maximum Gasteiger partial charge on any atom is 0.171 e. The van der Waals surface area contributed by atoms with Crippen molar-refractivity contribution in [3.05, 3.63) is 42.5 Å². The molecule has 0 N–H and O–H groups in total. The molecule has 3 aliphatic rings. The van der Waals surface area contributed by atoms with Crippen molar-refractivity contribution in [3.8, 4) is 0 Å². The standard InChI is InChI=1S/C16H19NO2/c1-15(2)11-14(18)16(3)10-9-13(15)17(19-16)12-7-5-4-6-8-12/h4-10,13H,11H2,1-3H3/t13-,16+/m1/s1. The molecule has 1 aliphatic carbocycles. The molecule has 1 aromatic rings. The van der Waals surface area contributed by atoms with Gasteiger partial charge in [-0.05, 0) is 30.5 Å². The molecule has 0 spiro atoms. The highest BCUT2D eigenvalue weighted by molar-refractivity contribution is 5.91. The smallest absolute Gasteiger partial charge is 0.171 e. The van der Waals surface area contributed by atoms with Crippen LogP contribution in [0, 0.1) is 5.41 Å². The first kappa shape index (κ1) is 12.4. The highest BCUT2D eigenvalue weighted by Gasteiger charge is 2.50. The molecule has 2 atom stereocenters. The van der Waals surface area contributed by atoms with Crippen LogP contribution in [-0.4, -0.2) is 17.4 Å². The van der Waals surface area contributed by atoms with E-state index >= 15 is 0 Å². The maximum absolute atomic E-state index is 12.4. The summed E-state index contributed by atoms with van der Waals surface area (Å²) in [6.45, 7) is 6.09. The molecule has 3 nitrogen and oxygen atoms in total. The largest absolute Gasteiger partial charge is 0.296 e. The average Bonchev–Trinajstić information content (AvgIpc) is 2.51. The Bertz CT molecular complexity index is 535. The van der Waals surface area contributed by atoms with E-state index in [0.29, 0.717) is 6.42 Å². The maximum atomic E-state index is 12.4. The highest BCUT2D eigenvalue weighted by Crippen LogP contribution is 2.43. The molecule has 0 aromatic heterocycles. The summed E-state index contributed by atoms with van der Waals surface area (Å²) in [6.07, 6.45) is 4.56. The first-order valence-electron chi connectivity index (χ1n) is 6.68. The van der Waals surface area contributed by atoms with Gasteiger partial charge in [-0.15, -0.1) is 0 Å². The van der Waals surface area contributed by atoms with E-state index in [1.807, 2.05) is 48.4 Å². The lowest BCUT2D eigenvalue weighted by Gasteiger charge is -2.41. The number of Topliss-reactive ketones (excluding diaryl/α,β-unsaturated/α-hetero) is 1. The van der Waals surface area contributed by atoms with E-state index in [-0.39, 0.29) is 17.2 Å². The number of hydroxylamine groups is 1. The average molecular weight is 257 g/mol. The van der Waals surface area contributed by atoms with Gasteiger partial charge in [0.15, 0.2) is 11.4 Å². The number of ketones is 1. The van der Waals surface area contributed by atoms with E-state index in [1.54, 1.807) is 0 Å². The Balaban J connectivity index is 2.09. The molecule has 1 fully saturated rings. The second kappa shape index (κ2) is 3.94. The Labute approximate surface area is 113 Å². The quantitative estimate of drug-likeness (QED) is 0.724. The molecule has 19 heavy (non-hydrogen) atoms. The van der Waals surface area contributed by atoms with Gasteiger partial charge in [0.05, 0.1) is 11.7 Å². The predicted octanol–water partition coefficient (Wildman–Crippen LogP) is 3.12. The van der Waals surface area contributed by atoms with Crippen molar-refractivity contribution in [2.45, 2.75) is 38.8 Å². The number of carbonyl (C=O) groups excluding carboxylic acids is 1. The summed E-state index contributed by atoms with van der Waals surface area (Å²) in [5, 5.41) is 1.89. The molecule has 100 valence electrons. The molecule has 0 saturated carbocycles.